The molecular formula is C14H16N2O2S2. The van der Waals surface area contributed by atoms with Crippen molar-refractivity contribution in [3.8, 4) is 0 Å². The van der Waals surface area contributed by atoms with Crippen LogP contribution in [0.15, 0.2) is 0 Å². The standard InChI is InChI=1S/C14H16N2O2S2/c1-7-10-12(19)15-9(6-8-4-2-3-5-8)16-13(10)20-11(7)14(17)18/h8H,2-6H2,1H3,(H,17,18)(H,15,16,19). The van der Waals surface area contributed by atoms with Gasteiger partial charge in [-0.3, -0.25) is 0 Å². The van der Waals surface area contributed by atoms with Gasteiger partial charge in [0, 0.05) is 11.8 Å². The van der Waals surface area contributed by atoms with Gasteiger partial charge in [0.1, 0.15) is 20.2 Å². The Morgan fingerprint density at radius 3 is 2.85 bits per heavy atom. The summed E-state index contributed by atoms with van der Waals surface area (Å²) in [6.45, 7) is 1.80. The number of aromatic nitrogens is 2. The van der Waals surface area contributed by atoms with Crippen LogP contribution in [0.5, 0.6) is 0 Å². The zero-order chi connectivity index (χ0) is 14.3. The Morgan fingerprint density at radius 1 is 1.50 bits per heavy atom. The van der Waals surface area contributed by atoms with Crippen molar-refractivity contribution >= 4 is 39.7 Å². The van der Waals surface area contributed by atoms with Gasteiger partial charge in [0.15, 0.2) is 0 Å². The van der Waals surface area contributed by atoms with Crippen LogP contribution in [0.3, 0.4) is 0 Å². The summed E-state index contributed by atoms with van der Waals surface area (Å²) in [7, 11) is 0. The number of rotatable bonds is 3. The number of aromatic carboxylic acids is 1. The first kappa shape index (κ1) is 13.7. The molecule has 3 rings (SSSR count). The molecule has 1 aliphatic carbocycles. The molecule has 0 saturated heterocycles. The van der Waals surface area contributed by atoms with Gasteiger partial charge in [-0.1, -0.05) is 37.9 Å². The molecule has 0 spiro atoms. The van der Waals surface area contributed by atoms with Crippen LogP contribution in [0.4, 0.5) is 0 Å². The second-order valence-electron chi connectivity index (χ2n) is 5.41. The van der Waals surface area contributed by atoms with Crippen molar-refractivity contribution in [3.63, 3.8) is 0 Å². The molecule has 1 saturated carbocycles. The molecule has 0 unspecified atom stereocenters. The van der Waals surface area contributed by atoms with Crippen molar-refractivity contribution in [1.29, 1.82) is 0 Å². The first-order chi connectivity index (χ1) is 9.56. The monoisotopic (exact) mass is 308 g/mol. The van der Waals surface area contributed by atoms with Crippen molar-refractivity contribution in [2.75, 3.05) is 0 Å². The molecule has 2 N–H and O–H groups in total. The van der Waals surface area contributed by atoms with E-state index >= 15 is 0 Å². The first-order valence-electron chi connectivity index (χ1n) is 6.82. The van der Waals surface area contributed by atoms with Gasteiger partial charge in [-0.25, -0.2) is 9.78 Å². The summed E-state index contributed by atoms with van der Waals surface area (Å²) in [6.07, 6.45) is 6.02. The molecule has 2 aromatic rings. The molecule has 106 valence electrons. The van der Waals surface area contributed by atoms with Crippen LogP contribution in [-0.4, -0.2) is 21.0 Å². The number of carboxylic acids is 1. The Bertz CT molecular complexity index is 727. The molecule has 6 heteroatoms. The van der Waals surface area contributed by atoms with E-state index in [1.807, 2.05) is 0 Å². The lowest BCUT2D eigenvalue weighted by Crippen LogP contribution is -2.03. The van der Waals surface area contributed by atoms with Crippen molar-refractivity contribution < 1.29 is 9.90 Å². The highest BCUT2D eigenvalue weighted by Gasteiger charge is 2.20. The lowest BCUT2D eigenvalue weighted by molar-refractivity contribution is 0.0701. The SMILES string of the molecule is Cc1c(C(=O)O)sc2nc(CC3CCCC3)[nH]c(=S)c12. The smallest absolute Gasteiger partial charge is 0.346 e. The summed E-state index contributed by atoms with van der Waals surface area (Å²) in [5.74, 6) is 0.676. The van der Waals surface area contributed by atoms with Gasteiger partial charge in [-0.15, -0.1) is 11.3 Å². The Balaban J connectivity index is 2.05. The third kappa shape index (κ3) is 2.38. The Kier molecular flexibility index (Phi) is 3.60. The zero-order valence-electron chi connectivity index (χ0n) is 11.2. The van der Waals surface area contributed by atoms with Gasteiger partial charge in [0.25, 0.3) is 0 Å². The number of fused-ring (bicyclic) bond motifs is 1. The summed E-state index contributed by atoms with van der Waals surface area (Å²) in [4.78, 5) is 20.1. The summed E-state index contributed by atoms with van der Waals surface area (Å²) in [5, 5.41) is 9.98. The topological polar surface area (TPSA) is 66.0 Å². The fourth-order valence-corrected chi connectivity index (χ4v) is 4.46. The largest absolute Gasteiger partial charge is 0.477 e. The predicted molar refractivity (Wildman–Crippen MR) is 82.2 cm³/mol. The molecule has 0 bridgehead atoms. The van der Waals surface area contributed by atoms with E-state index in [-0.39, 0.29) is 0 Å². The molecule has 2 aromatic heterocycles. The number of hydrogen-bond donors (Lipinski definition) is 2. The van der Waals surface area contributed by atoms with E-state index in [4.69, 9.17) is 12.2 Å². The van der Waals surface area contributed by atoms with Gasteiger partial charge >= 0.3 is 5.97 Å². The molecular weight excluding hydrogens is 292 g/mol. The van der Waals surface area contributed by atoms with Gasteiger partial charge in [-0.05, 0) is 18.4 Å². The lowest BCUT2D eigenvalue weighted by atomic mass is 10.0. The predicted octanol–water partition coefficient (Wildman–Crippen LogP) is 4.09. The highest BCUT2D eigenvalue weighted by molar-refractivity contribution is 7.71. The third-order valence-corrected chi connectivity index (χ3v) is 5.48. The van der Waals surface area contributed by atoms with Crippen LogP contribution in [0.25, 0.3) is 10.2 Å². The number of hydrogen-bond acceptors (Lipinski definition) is 4. The highest BCUT2D eigenvalue weighted by atomic mass is 32.1. The van der Waals surface area contributed by atoms with Gasteiger partial charge in [-0.2, -0.15) is 0 Å². The lowest BCUT2D eigenvalue weighted by Gasteiger charge is -2.08. The number of thiophene rings is 1. The van der Waals surface area contributed by atoms with Crippen molar-refractivity contribution in [1.82, 2.24) is 9.97 Å². The second-order valence-corrected chi connectivity index (χ2v) is 6.82. The summed E-state index contributed by atoms with van der Waals surface area (Å²) in [5.41, 5.74) is 0.721. The molecule has 0 radical (unpaired) electrons. The minimum absolute atomic E-state index is 0.338. The quantitative estimate of drug-likeness (QED) is 0.838. The first-order valence-corrected chi connectivity index (χ1v) is 8.04. The van der Waals surface area contributed by atoms with Gasteiger partial charge in [0.05, 0.1) is 0 Å². The van der Waals surface area contributed by atoms with Crippen LogP contribution < -0.4 is 0 Å². The van der Waals surface area contributed by atoms with E-state index in [1.165, 1.54) is 37.0 Å². The second kappa shape index (κ2) is 5.26. The summed E-state index contributed by atoms with van der Waals surface area (Å²) in [6, 6.07) is 0. The average molecular weight is 308 g/mol. The van der Waals surface area contributed by atoms with Crippen LogP contribution >= 0.6 is 23.6 Å². The maximum Gasteiger partial charge on any atom is 0.346 e. The molecule has 20 heavy (non-hydrogen) atoms. The molecule has 1 fully saturated rings. The summed E-state index contributed by atoms with van der Waals surface area (Å²) < 4.78 is 0.615. The normalized spacial score (nSPS) is 16.1. The van der Waals surface area contributed by atoms with E-state index in [0.717, 1.165) is 28.0 Å². The number of nitrogens with zero attached hydrogens (tertiary/aromatic N) is 1. The van der Waals surface area contributed by atoms with Crippen molar-refractivity contribution in [2.24, 2.45) is 5.92 Å². The number of aromatic amines is 1. The van der Waals surface area contributed by atoms with E-state index < -0.39 is 5.97 Å². The van der Waals surface area contributed by atoms with Crippen molar-refractivity contribution in [2.45, 2.75) is 39.0 Å². The van der Waals surface area contributed by atoms with Crippen LogP contribution in [-0.2, 0) is 6.42 Å². The fraction of sp³-hybridized carbons (Fsp3) is 0.500. The fourth-order valence-electron chi connectivity index (χ4n) is 2.98. The van der Waals surface area contributed by atoms with Gasteiger partial charge < -0.3 is 10.1 Å². The Labute approximate surface area is 125 Å². The minimum Gasteiger partial charge on any atom is -0.477 e. The number of H-pyrrole nitrogens is 1. The van der Waals surface area contributed by atoms with E-state index in [1.54, 1.807) is 6.92 Å². The number of carbonyl (C=O) groups is 1. The Hall–Kier alpha value is -1.27. The van der Waals surface area contributed by atoms with E-state index in [0.29, 0.717) is 15.4 Å². The number of nitrogens with one attached hydrogen (secondary N) is 1. The van der Waals surface area contributed by atoms with Crippen LogP contribution in [0.1, 0.15) is 46.7 Å². The Morgan fingerprint density at radius 2 is 2.20 bits per heavy atom. The molecule has 4 nitrogen and oxygen atoms in total. The van der Waals surface area contributed by atoms with Crippen LogP contribution in [0, 0.1) is 17.5 Å². The number of carboxylic acid groups (broad SMARTS) is 1. The minimum atomic E-state index is -0.905. The highest BCUT2D eigenvalue weighted by Crippen LogP contribution is 2.31. The average Bonchev–Trinajstić information content (AvgIpc) is 2.97. The van der Waals surface area contributed by atoms with E-state index in [9.17, 15) is 9.90 Å². The zero-order valence-corrected chi connectivity index (χ0v) is 12.9. The third-order valence-electron chi connectivity index (χ3n) is 4.00. The molecule has 0 amide bonds. The number of aryl methyl sites for hydroxylation is 1. The molecule has 2 heterocycles. The van der Waals surface area contributed by atoms with Crippen molar-refractivity contribution in [3.05, 3.63) is 20.9 Å². The molecule has 0 aliphatic heterocycles. The van der Waals surface area contributed by atoms with Gasteiger partial charge in [0.2, 0.25) is 0 Å². The van der Waals surface area contributed by atoms with Crippen LogP contribution in [0.2, 0.25) is 0 Å². The molecule has 0 atom stereocenters. The summed E-state index contributed by atoms with van der Waals surface area (Å²) >= 11 is 6.61. The maximum atomic E-state index is 11.2. The molecule has 1 aliphatic rings. The van der Waals surface area contributed by atoms with E-state index in [2.05, 4.69) is 9.97 Å². The maximum absolute atomic E-state index is 11.2. The molecule has 0 aromatic carbocycles.